The Hall–Kier alpha value is -1.96. The van der Waals surface area contributed by atoms with E-state index in [4.69, 9.17) is 34.2 Å². The largest absolute Gasteiger partial charge is 0.396 e. The summed E-state index contributed by atoms with van der Waals surface area (Å²) in [6.45, 7) is 0. The fraction of sp³-hybridized carbons (Fsp3) is 0. The zero-order valence-corrected chi connectivity index (χ0v) is 10.6. The van der Waals surface area contributed by atoms with Crippen LogP contribution in [0.5, 0.6) is 0 Å². The van der Waals surface area contributed by atoms with E-state index in [0.29, 0.717) is 32.8 Å². The van der Waals surface area contributed by atoms with Gasteiger partial charge in [0, 0.05) is 6.20 Å². The second kappa shape index (κ2) is 5.13. The number of hydrogen-bond donors (Lipinski definition) is 2. The van der Waals surface area contributed by atoms with Crippen molar-refractivity contribution in [3.63, 3.8) is 0 Å². The predicted molar refractivity (Wildman–Crippen MR) is 73.1 cm³/mol. The lowest BCUT2D eigenvalue weighted by molar-refractivity contribution is 1.29. The number of nitrogens with zero attached hydrogens (tertiary/aromatic N) is 2. The molecule has 0 radical (unpaired) electrons. The molecule has 0 aliphatic carbocycles. The lowest BCUT2D eigenvalue weighted by Crippen LogP contribution is -2.00. The zero-order chi connectivity index (χ0) is 13.1. The molecule has 4 nitrogen and oxygen atoms in total. The second-order valence-corrected chi connectivity index (χ2v) is 4.31. The molecule has 6 heteroatoms. The molecule has 0 fully saturated rings. The van der Waals surface area contributed by atoms with Gasteiger partial charge in [0.25, 0.3) is 0 Å². The van der Waals surface area contributed by atoms with Crippen LogP contribution < -0.4 is 11.1 Å². The van der Waals surface area contributed by atoms with E-state index in [-0.39, 0.29) is 0 Å². The van der Waals surface area contributed by atoms with Crippen LogP contribution in [0.15, 0.2) is 30.5 Å². The highest BCUT2D eigenvalue weighted by atomic mass is 35.5. The number of halogens is 2. The van der Waals surface area contributed by atoms with Gasteiger partial charge in [0.05, 0.1) is 27.0 Å². The third kappa shape index (κ3) is 2.48. The van der Waals surface area contributed by atoms with Crippen molar-refractivity contribution in [2.45, 2.75) is 0 Å². The van der Waals surface area contributed by atoms with Crippen molar-refractivity contribution in [2.75, 3.05) is 11.1 Å². The number of para-hydroxylation sites is 1. The number of anilines is 3. The van der Waals surface area contributed by atoms with Crippen molar-refractivity contribution in [3.8, 4) is 6.07 Å². The van der Waals surface area contributed by atoms with Crippen LogP contribution in [0.25, 0.3) is 0 Å². The van der Waals surface area contributed by atoms with E-state index in [0.717, 1.165) is 0 Å². The molecule has 0 saturated carbocycles. The van der Waals surface area contributed by atoms with E-state index in [1.165, 1.54) is 12.3 Å². The summed E-state index contributed by atoms with van der Waals surface area (Å²) >= 11 is 12.0. The molecule has 2 rings (SSSR count). The summed E-state index contributed by atoms with van der Waals surface area (Å²) in [5.74, 6) is 0.406. The summed E-state index contributed by atoms with van der Waals surface area (Å²) < 4.78 is 0. The Balaban J connectivity index is 2.38. The average Bonchev–Trinajstić information content (AvgIpc) is 2.35. The maximum Gasteiger partial charge on any atom is 0.153 e. The van der Waals surface area contributed by atoms with E-state index >= 15 is 0 Å². The first-order valence-electron chi connectivity index (χ1n) is 4.98. The summed E-state index contributed by atoms with van der Waals surface area (Å²) in [6, 6.07) is 8.64. The van der Waals surface area contributed by atoms with Crippen LogP contribution in [0.2, 0.25) is 10.0 Å². The van der Waals surface area contributed by atoms with Crippen LogP contribution in [0.4, 0.5) is 17.2 Å². The van der Waals surface area contributed by atoms with Gasteiger partial charge < -0.3 is 11.1 Å². The Bertz CT molecular complexity index is 614. The summed E-state index contributed by atoms with van der Waals surface area (Å²) in [5, 5.41) is 12.6. The van der Waals surface area contributed by atoms with Gasteiger partial charge in [0.1, 0.15) is 6.07 Å². The number of rotatable bonds is 2. The van der Waals surface area contributed by atoms with Gasteiger partial charge in [-0.25, -0.2) is 4.98 Å². The molecule has 0 bridgehead atoms. The third-order valence-electron chi connectivity index (χ3n) is 2.25. The average molecular weight is 279 g/mol. The smallest absolute Gasteiger partial charge is 0.153 e. The van der Waals surface area contributed by atoms with Gasteiger partial charge in [-0.15, -0.1) is 0 Å². The minimum absolute atomic E-state index is 0.352. The molecule has 90 valence electrons. The topological polar surface area (TPSA) is 74.7 Å². The fourth-order valence-corrected chi connectivity index (χ4v) is 1.87. The van der Waals surface area contributed by atoms with Crippen LogP contribution in [0, 0.1) is 11.3 Å². The predicted octanol–water partition coefficient (Wildman–Crippen LogP) is 3.59. The normalized spacial score (nSPS) is 9.83. The Morgan fingerprint density at radius 2 is 1.94 bits per heavy atom. The van der Waals surface area contributed by atoms with Gasteiger partial charge in [-0.2, -0.15) is 5.26 Å². The first-order chi connectivity index (χ1) is 8.61. The highest BCUT2D eigenvalue weighted by Gasteiger charge is 2.08. The monoisotopic (exact) mass is 278 g/mol. The van der Waals surface area contributed by atoms with Crippen LogP contribution in [0.1, 0.15) is 5.56 Å². The molecule has 1 aromatic carbocycles. The van der Waals surface area contributed by atoms with E-state index < -0.39 is 0 Å². The van der Waals surface area contributed by atoms with Crippen molar-refractivity contribution >= 4 is 40.4 Å². The number of hydrogen-bond acceptors (Lipinski definition) is 4. The number of nitrogen functional groups attached to an aromatic ring is 1. The van der Waals surface area contributed by atoms with E-state index in [1.807, 2.05) is 6.07 Å². The fourth-order valence-electron chi connectivity index (χ4n) is 1.38. The van der Waals surface area contributed by atoms with Crippen molar-refractivity contribution in [3.05, 3.63) is 46.1 Å². The molecule has 0 unspecified atom stereocenters. The second-order valence-electron chi connectivity index (χ2n) is 3.50. The number of nitriles is 1. The van der Waals surface area contributed by atoms with Gasteiger partial charge in [-0.1, -0.05) is 29.3 Å². The first kappa shape index (κ1) is 12.5. The Kier molecular flexibility index (Phi) is 3.56. The molecule has 0 spiro atoms. The van der Waals surface area contributed by atoms with Gasteiger partial charge >= 0.3 is 0 Å². The molecule has 1 aromatic heterocycles. The van der Waals surface area contributed by atoms with Crippen LogP contribution in [0.3, 0.4) is 0 Å². The number of benzene rings is 1. The maximum atomic E-state index is 8.72. The van der Waals surface area contributed by atoms with Gasteiger partial charge in [-0.05, 0) is 18.2 Å². The number of nitrogens with one attached hydrogen (secondary N) is 1. The van der Waals surface area contributed by atoms with E-state index in [9.17, 15) is 0 Å². The van der Waals surface area contributed by atoms with Gasteiger partial charge in [0.2, 0.25) is 0 Å². The molecule has 1 heterocycles. The first-order valence-corrected chi connectivity index (χ1v) is 5.74. The Labute approximate surface area is 114 Å². The molecule has 18 heavy (non-hydrogen) atoms. The molecule has 0 aliphatic rings. The summed E-state index contributed by atoms with van der Waals surface area (Å²) in [4.78, 5) is 4.05. The quantitative estimate of drug-likeness (QED) is 0.880. The SMILES string of the molecule is N#Cc1cnc(Nc2c(Cl)cccc2Cl)c(N)c1. The van der Waals surface area contributed by atoms with Crippen molar-refractivity contribution in [2.24, 2.45) is 0 Å². The Morgan fingerprint density at radius 3 is 2.50 bits per heavy atom. The van der Waals surface area contributed by atoms with Crippen LogP contribution in [-0.4, -0.2) is 4.98 Å². The van der Waals surface area contributed by atoms with E-state index in [1.54, 1.807) is 18.2 Å². The van der Waals surface area contributed by atoms with Crippen molar-refractivity contribution in [1.29, 1.82) is 5.26 Å². The molecule has 3 N–H and O–H groups in total. The Morgan fingerprint density at radius 1 is 1.28 bits per heavy atom. The molecule has 0 amide bonds. The number of aromatic nitrogens is 1. The van der Waals surface area contributed by atoms with Crippen LogP contribution in [-0.2, 0) is 0 Å². The molecular formula is C12H8Cl2N4. The molecule has 0 aliphatic heterocycles. The summed E-state index contributed by atoms with van der Waals surface area (Å²) in [5.41, 5.74) is 7.06. The highest BCUT2D eigenvalue weighted by molar-refractivity contribution is 6.39. The summed E-state index contributed by atoms with van der Waals surface area (Å²) in [6.07, 6.45) is 1.42. The summed E-state index contributed by atoms with van der Waals surface area (Å²) in [7, 11) is 0. The molecule has 0 atom stereocenters. The lowest BCUT2D eigenvalue weighted by atomic mass is 10.2. The molecule has 2 aromatic rings. The van der Waals surface area contributed by atoms with Crippen molar-refractivity contribution in [1.82, 2.24) is 4.98 Å². The molecular weight excluding hydrogens is 271 g/mol. The zero-order valence-electron chi connectivity index (χ0n) is 9.11. The van der Waals surface area contributed by atoms with Gasteiger partial charge in [0.15, 0.2) is 5.82 Å². The minimum Gasteiger partial charge on any atom is -0.396 e. The van der Waals surface area contributed by atoms with Crippen molar-refractivity contribution < 1.29 is 0 Å². The standard InChI is InChI=1S/C12H8Cl2N4/c13-8-2-1-3-9(14)11(8)18-12-10(16)4-7(5-15)6-17-12/h1-4,6H,16H2,(H,17,18). The minimum atomic E-state index is 0.352. The maximum absolute atomic E-state index is 8.72. The lowest BCUT2D eigenvalue weighted by Gasteiger charge is -2.11. The van der Waals surface area contributed by atoms with Crippen LogP contribution >= 0.6 is 23.2 Å². The number of pyridine rings is 1. The highest BCUT2D eigenvalue weighted by Crippen LogP contribution is 2.33. The molecule has 0 saturated heterocycles. The number of nitrogens with two attached hydrogens (primary N) is 1. The third-order valence-corrected chi connectivity index (χ3v) is 2.88. The van der Waals surface area contributed by atoms with E-state index in [2.05, 4.69) is 10.3 Å². The van der Waals surface area contributed by atoms with Gasteiger partial charge in [-0.3, -0.25) is 0 Å².